The van der Waals surface area contributed by atoms with Crippen LogP contribution in [0.2, 0.25) is 0 Å². The second-order valence-electron chi connectivity index (χ2n) is 5.30. The zero-order chi connectivity index (χ0) is 11.6. The van der Waals surface area contributed by atoms with E-state index in [1.807, 2.05) is 0 Å². The summed E-state index contributed by atoms with van der Waals surface area (Å²) < 4.78 is 0. The zero-order valence-corrected chi connectivity index (χ0v) is 11.7. The maximum absolute atomic E-state index is 6.13. The van der Waals surface area contributed by atoms with Gasteiger partial charge in [-0.25, -0.2) is 0 Å². The van der Waals surface area contributed by atoms with Crippen LogP contribution in [0, 0.1) is 0 Å². The lowest BCUT2D eigenvalue weighted by Gasteiger charge is -2.14. The number of unbranched alkanes of at least 4 members (excludes halogenated alkanes) is 8. The van der Waals surface area contributed by atoms with E-state index < -0.39 is 0 Å². The fraction of sp³-hybridized carbons (Fsp3) is 1.00. The number of hydrogen-bond donors (Lipinski definition) is 0. The van der Waals surface area contributed by atoms with Crippen molar-refractivity contribution in [2.24, 2.45) is 0 Å². The van der Waals surface area contributed by atoms with Crippen LogP contribution in [0.15, 0.2) is 0 Å². The Labute approximate surface area is 102 Å². The van der Waals surface area contributed by atoms with Crippen LogP contribution in [0.5, 0.6) is 0 Å². The molecule has 1 heteroatoms. The lowest BCUT2D eigenvalue weighted by molar-refractivity contribution is 0.524. The van der Waals surface area contributed by atoms with Crippen LogP contribution in [0.3, 0.4) is 0 Å². The van der Waals surface area contributed by atoms with Gasteiger partial charge in [-0.1, -0.05) is 64.7 Å². The highest BCUT2D eigenvalue weighted by Gasteiger charge is 2.11. The zero-order valence-electron chi connectivity index (χ0n) is 10.9. The topological polar surface area (TPSA) is 0 Å². The van der Waals surface area contributed by atoms with Gasteiger partial charge in [0.05, 0.1) is 0 Å². The van der Waals surface area contributed by atoms with Crippen molar-refractivity contribution in [2.45, 2.75) is 89.9 Å². The van der Waals surface area contributed by atoms with Gasteiger partial charge >= 0.3 is 0 Å². The normalized spacial score (nSPS) is 12.0. The molecule has 0 amide bonds. The highest BCUT2D eigenvalue weighted by molar-refractivity contribution is 6.23. The molecule has 0 N–H and O–H groups in total. The van der Waals surface area contributed by atoms with Gasteiger partial charge in [0.2, 0.25) is 0 Å². The molecular weight excluding hydrogens is 204 g/mol. The van der Waals surface area contributed by atoms with Crippen LogP contribution in [0.1, 0.15) is 85.0 Å². The Hall–Kier alpha value is 0.290. The number of hydrogen-bond acceptors (Lipinski definition) is 0. The minimum atomic E-state index is 0.0150. The number of alkyl halides is 1. The fourth-order valence-electron chi connectivity index (χ4n) is 1.86. The summed E-state index contributed by atoms with van der Waals surface area (Å²) in [7, 11) is 0. The van der Waals surface area contributed by atoms with Gasteiger partial charge < -0.3 is 0 Å². The van der Waals surface area contributed by atoms with Crippen molar-refractivity contribution in [1.82, 2.24) is 0 Å². The molecule has 0 fully saturated rings. The van der Waals surface area contributed by atoms with Crippen molar-refractivity contribution in [3.05, 3.63) is 0 Å². The Morgan fingerprint density at radius 3 is 1.53 bits per heavy atom. The molecule has 0 aliphatic heterocycles. The second-order valence-corrected chi connectivity index (χ2v) is 6.32. The van der Waals surface area contributed by atoms with E-state index in [1.54, 1.807) is 0 Å². The average Bonchev–Trinajstić information content (AvgIpc) is 2.14. The SMILES string of the molecule is CCCCCCCCCCCC(C)(C)Cl. The van der Waals surface area contributed by atoms with E-state index in [9.17, 15) is 0 Å². The van der Waals surface area contributed by atoms with Gasteiger partial charge in [0.15, 0.2) is 0 Å². The van der Waals surface area contributed by atoms with Crippen LogP contribution in [-0.2, 0) is 0 Å². The molecule has 0 radical (unpaired) electrons. The van der Waals surface area contributed by atoms with Crippen molar-refractivity contribution in [3.63, 3.8) is 0 Å². The molecule has 0 unspecified atom stereocenters. The first-order chi connectivity index (χ1) is 7.06. The van der Waals surface area contributed by atoms with Crippen molar-refractivity contribution < 1.29 is 0 Å². The van der Waals surface area contributed by atoms with Crippen molar-refractivity contribution >= 4 is 11.6 Å². The minimum absolute atomic E-state index is 0.0150. The molecule has 0 spiro atoms. The summed E-state index contributed by atoms with van der Waals surface area (Å²) in [5.41, 5.74) is 0. The van der Waals surface area contributed by atoms with E-state index in [-0.39, 0.29) is 4.87 Å². The fourth-order valence-corrected chi connectivity index (χ4v) is 1.99. The lowest BCUT2D eigenvalue weighted by Crippen LogP contribution is -2.08. The smallest absolute Gasteiger partial charge is 0.0390 e. The third kappa shape index (κ3) is 14.3. The van der Waals surface area contributed by atoms with Crippen LogP contribution >= 0.6 is 11.6 Å². The average molecular weight is 233 g/mol. The lowest BCUT2D eigenvalue weighted by atomic mass is 10.0. The van der Waals surface area contributed by atoms with Gasteiger partial charge in [-0.05, 0) is 20.3 Å². The molecule has 15 heavy (non-hydrogen) atoms. The number of rotatable bonds is 10. The summed E-state index contributed by atoms with van der Waals surface area (Å²) in [6.45, 7) is 6.49. The second kappa shape index (κ2) is 9.51. The van der Waals surface area contributed by atoms with Crippen LogP contribution in [-0.4, -0.2) is 4.87 Å². The van der Waals surface area contributed by atoms with Gasteiger partial charge in [-0.3, -0.25) is 0 Å². The van der Waals surface area contributed by atoms with Crippen LogP contribution in [0.25, 0.3) is 0 Å². The molecule has 0 nitrogen and oxygen atoms in total. The van der Waals surface area contributed by atoms with Crippen molar-refractivity contribution in [1.29, 1.82) is 0 Å². The molecule has 0 aliphatic rings. The first kappa shape index (κ1) is 15.3. The largest absolute Gasteiger partial charge is 0.120 e. The summed E-state index contributed by atoms with van der Waals surface area (Å²) in [5, 5.41) is 0. The standard InChI is InChI=1S/C14H29Cl/c1-4-5-6-7-8-9-10-11-12-13-14(2,3)15/h4-13H2,1-3H3. The molecule has 0 rings (SSSR count). The molecule has 0 saturated carbocycles. The minimum Gasteiger partial charge on any atom is -0.120 e. The van der Waals surface area contributed by atoms with E-state index in [4.69, 9.17) is 11.6 Å². The molecule has 0 aromatic rings. The van der Waals surface area contributed by atoms with Gasteiger partial charge in [-0.15, -0.1) is 11.6 Å². The molecule has 0 saturated heterocycles. The van der Waals surface area contributed by atoms with E-state index in [0.29, 0.717) is 0 Å². The summed E-state index contributed by atoms with van der Waals surface area (Å²) in [6, 6.07) is 0. The molecule has 0 atom stereocenters. The van der Waals surface area contributed by atoms with Gasteiger partial charge in [-0.2, -0.15) is 0 Å². The molecule has 0 aliphatic carbocycles. The predicted molar refractivity (Wildman–Crippen MR) is 71.8 cm³/mol. The highest BCUT2D eigenvalue weighted by atomic mass is 35.5. The Morgan fingerprint density at radius 1 is 0.733 bits per heavy atom. The third-order valence-electron chi connectivity index (χ3n) is 2.87. The highest BCUT2D eigenvalue weighted by Crippen LogP contribution is 2.21. The Balaban J connectivity index is 2.99. The Bertz CT molecular complexity index is 124. The first-order valence-corrected chi connectivity index (χ1v) is 7.13. The summed E-state index contributed by atoms with van der Waals surface area (Å²) >= 11 is 6.13. The Morgan fingerprint density at radius 2 is 1.13 bits per heavy atom. The summed E-state index contributed by atoms with van der Waals surface area (Å²) in [6.07, 6.45) is 13.7. The maximum atomic E-state index is 6.13. The molecule has 0 aromatic heterocycles. The maximum Gasteiger partial charge on any atom is 0.0390 e. The summed E-state index contributed by atoms with van der Waals surface area (Å²) in [5.74, 6) is 0. The molecule has 0 bridgehead atoms. The van der Waals surface area contributed by atoms with E-state index in [1.165, 1.54) is 57.8 Å². The van der Waals surface area contributed by atoms with Crippen molar-refractivity contribution in [3.8, 4) is 0 Å². The summed E-state index contributed by atoms with van der Waals surface area (Å²) in [4.78, 5) is 0.0150. The van der Waals surface area contributed by atoms with E-state index in [0.717, 1.165) is 6.42 Å². The quantitative estimate of drug-likeness (QED) is 0.324. The third-order valence-corrected chi connectivity index (χ3v) is 3.06. The Kier molecular flexibility index (Phi) is 9.70. The van der Waals surface area contributed by atoms with Crippen LogP contribution < -0.4 is 0 Å². The number of halogens is 1. The molecular formula is C14H29Cl. The first-order valence-electron chi connectivity index (χ1n) is 6.75. The van der Waals surface area contributed by atoms with E-state index in [2.05, 4.69) is 20.8 Å². The van der Waals surface area contributed by atoms with Gasteiger partial charge in [0.1, 0.15) is 0 Å². The van der Waals surface area contributed by atoms with E-state index >= 15 is 0 Å². The van der Waals surface area contributed by atoms with Crippen LogP contribution in [0.4, 0.5) is 0 Å². The van der Waals surface area contributed by atoms with Crippen molar-refractivity contribution in [2.75, 3.05) is 0 Å². The monoisotopic (exact) mass is 232 g/mol. The predicted octanol–water partition coefficient (Wildman–Crippen LogP) is 5.92. The molecule has 0 heterocycles. The molecule has 0 aromatic carbocycles. The van der Waals surface area contributed by atoms with Gasteiger partial charge in [0.25, 0.3) is 0 Å². The van der Waals surface area contributed by atoms with Gasteiger partial charge in [0, 0.05) is 4.87 Å². The molecule has 92 valence electrons.